The number of hydrogen-bond donors (Lipinski definition) is 0. The SMILES string of the molecule is Cn1c(SCc2ccc([Si](C)(C)C)cc2)nnc1C1CCS(=O)(=O)C1. The maximum atomic E-state index is 11.7. The molecule has 0 amide bonds. The van der Waals surface area contributed by atoms with Crippen LogP contribution in [0.3, 0.4) is 0 Å². The third-order valence-corrected chi connectivity index (χ3v) is 9.58. The Morgan fingerprint density at radius 2 is 1.88 bits per heavy atom. The van der Waals surface area contributed by atoms with Crippen molar-refractivity contribution in [1.29, 1.82) is 0 Å². The number of rotatable bonds is 5. The number of hydrogen-bond acceptors (Lipinski definition) is 5. The number of thioether (sulfide) groups is 1. The van der Waals surface area contributed by atoms with E-state index in [0.717, 1.165) is 16.7 Å². The summed E-state index contributed by atoms with van der Waals surface area (Å²) in [5.41, 5.74) is 1.26. The summed E-state index contributed by atoms with van der Waals surface area (Å²) in [6.45, 7) is 7.04. The van der Waals surface area contributed by atoms with Gasteiger partial charge < -0.3 is 4.57 Å². The molecule has 2 heterocycles. The molecular formula is C17H25N3O2S2Si. The summed E-state index contributed by atoms with van der Waals surface area (Å²) in [6.07, 6.45) is 0.650. The van der Waals surface area contributed by atoms with E-state index in [1.165, 1.54) is 10.8 Å². The van der Waals surface area contributed by atoms with Crippen LogP contribution in [0.15, 0.2) is 29.4 Å². The van der Waals surface area contributed by atoms with Gasteiger partial charge in [0.05, 0.1) is 19.6 Å². The molecule has 0 saturated carbocycles. The largest absolute Gasteiger partial charge is 0.309 e. The Labute approximate surface area is 155 Å². The molecule has 5 nitrogen and oxygen atoms in total. The van der Waals surface area contributed by atoms with Gasteiger partial charge in [0, 0.05) is 18.7 Å². The summed E-state index contributed by atoms with van der Waals surface area (Å²) in [6, 6.07) is 8.88. The van der Waals surface area contributed by atoms with E-state index in [1.807, 2.05) is 11.6 Å². The quantitative estimate of drug-likeness (QED) is 0.575. The molecule has 1 unspecified atom stereocenters. The van der Waals surface area contributed by atoms with Crippen LogP contribution >= 0.6 is 11.8 Å². The molecule has 1 aliphatic heterocycles. The number of benzene rings is 1. The lowest BCUT2D eigenvalue weighted by Gasteiger charge is -2.16. The van der Waals surface area contributed by atoms with Crippen molar-refractivity contribution in [1.82, 2.24) is 14.8 Å². The van der Waals surface area contributed by atoms with Crippen molar-refractivity contribution in [3.05, 3.63) is 35.7 Å². The Balaban J connectivity index is 1.66. The maximum absolute atomic E-state index is 11.7. The van der Waals surface area contributed by atoms with Crippen LogP contribution < -0.4 is 5.19 Å². The minimum absolute atomic E-state index is 0.0205. The Hall–Kier alpha value is -1.12. The summed E-state index contributed by atoms with van der Waals surface area (Å²) in [7, 11) is -2.24. The topological polar surface area (TPSA) is 64.8 Å². The van der Waals surface area contributed by atoms with E-state index in [4.69, 9.17) is 0 Å². The molecule has 1 atom stereocenters. The molecule has 0 spiro atoms. The first-order valence-corrected chi connectivity index (χ1v) is 14.8. The predicted octanol–water partition coefficient (Wildman–Crippen LogP) is 2.55. The minimum Gasteiger partial charge on any atom is -0.309 e. The first kappa shape index (κ1) is 18.7. The fourth-order valence-corrected chi connectivity index (χ4v) is 6.83. The van der Waals surface area contributed by atoms with Gasteiger partial charge in [-0.3, -0.25) is 0 Å². The Morgan fingerprint density at radius 3 is 2.44 bits per heavy atom. The summed E-state index contributed by atoms with van der Waals surface area (Å²) in [5.74, 6) is 2.06. The molecule has 0 aliphatic carbocycles. The van der Waals surface area contributed by atoms with Crippen LogP contribution in [0.4, 0.5) is 0 Å². The second-order valence-corrected chi connectivity index (χ2v) is 16.0. The van der Waals surface area contributed by atoms with Crippen LogP contribution in [0.25, 0.3) is 0 Å². The molecule has 1 aromatic carbocycles. The van der Waals surface area contributed by atoms with Crippen LogP contribution in [0, 0.1) is 0 Å². The average molecular weight is 396 g/mol. The molecule has 3 rings (SSSR count). The third-order valence-electron chi connectivity index (χ3n) is 4.65. The average Bonchev–Trinajstić information content (AvgIpc) is 3.07. The first-order chi connectivity index (χ1) is 11.7. The molecule has 0 N–H and O–H groups in total. The predicted molar refractivity (Wildman–Crippen MR) is 106 cm³/mol. The lowest BCUT2D eigenvalue weighted by atomic mass is 10.1. The van der Waals surface area contributed by atoms with Crippen LogP contribution in [-0.4, -0.2) is 42.8 Å². The Morgan fingerprint density at radius 1 is 1.20 bits per heavy atom. The van der Waals surface area contributed by atoms with E-state index in [1.54, 1.807) is 11.8 Å². The van der Waals surface area contributed by atoms with Gasteiger partial charge >= 0.3 is 0 Å². The molecule has 136 valence electrons. The molecule has 1 fully saturated rings. The monoisotopic (exact) mass is 395 g/mol. The van der Waals surface area contributed by atoms with Crippen LogP contribution in [0.1, 0.15) is 23.7 Å². The highest BCUT2D eigenvalue weighted by Crippen LogP contribution is 2.30. The summed E-state index contributed by atoms with van der Waals surface area (Å²) in [4.78, 5) is 0. The van der Waals surface area contributed by atoms with E-state index >= 15 is 0 Å². The lowest BCUT2D eigenvalue weighted by molar-refractivity contribution is 0.599. The van der Waals surface area contributed by atoms with Gasteiger partial charge in [0.1, 0.15) is 5.82 Å². The van der Waals surface area contributed by atoms with E-state index in [9.17, 15) is 8.42 Å². The maximum Gasteiger partial charge on any atom is 0.191 e. The van der Waals surface area contributed by atoms with Crippen molar-refractivity contribution < 1.29 is 8.42 Å². The van der Waals surface area contributed by atoms with Gasteiger partial charge in [-0.05, 0) is 12.0 Å². The lowest BCUT2D eigenvalue weighted by Crippen LogP contribution is -2.37. The van der Waals surface area contributed by atoms with Gasteiger partial charge in [0.2, 0.25) is 0 Å². The van der Waals surface area contributed by atoms with E-state index in [-0.39, 0.29) is 17.4 Å². The summed E-state index contributed by atoms with van der Waals surface area (Å²) >= 11 is 1.64. The van der Waals surface area contributed by atoms with Gasteiger partial charge in [-0.25, -0.2) is 8.42 Å². The molecule has 8 heteroatoms. The molecule has 25 heavy (non-hydrogen) atoms. The Bertz CT molecular complexity index is 855. The van der Waals surface area contributed by atoms with Crippen LogP contribution in [-0.2, 0) is 22.6 Å². The standard InChI is InChI=1S/C17H25N3O2S2Si/c1-20-16(14-9-10-24(21,22)12-14)18-19-17(20)23-11-13-5-7-15(8-6-13)25(2,3)4/h5-8,14H,9-12H2,1-4H3. The normalized spacial score (nSPS) is 20.1. The van der Waals surface area contributed by atoms with Crippen LogP contribution in [0.5, 0.6) is 0 Å². The highest BCUT2D eigenvalue weighted by atomic mass is 32.2. The van der Waals surface area contributed by atoms with E-state index in [0.29, 0.717) is 6.42 Å². The van der Waals surface area contributed by atoms with Crippen molar-refractivity contribution in [3.63, 3.8) is 0 Å². The van der Waals surface area contributed by atoms with Crippen molar-refractivity contribution in [2.24, 2.45) is 7.05 Å². The van der Waals surface area contributed by atoms with Gasteiger partial charge in [0.15, 0.2) is 15.0 Å². The number of sulfone groups is 1. The molecule has 0 radical (unpaired) electrons. The summed E-state index contributed by atoms with van der Waals surface area (Å²) < 4.78 is 25.3. The van der Waals surface area contributed by atoms with Gasteiger partial charge in [-0.1, -0.05) is 60.9 Å². The van der Waals surface area contributed by atoms with Crippen molar-refractivity contribution >= 4 is 34.9 Å². The van der Waals surface area contributed by atoms with Gasteiger partial charge in [-0.15, -0.1) is 10.2 Å². The zero-order valence-electron chi connectivity index (χ0n) is 15.2. The number of nitrogens with zero attached hydrogens (tertiary/aromatic N) is 3. The third kappa shape index (κ3) is 4.35. The zero-order valence-corrected chi connectivity index (χ0v) is 17.8. The van der Waals surface area contributed by atoms with Gasteiger partial charge in [-0.2, -0.15) is 0 Å². The zero-order chi connectivity index (χ0) is 18.2. The second kappa shape index (κ2) is 6.89. The molecule has 1 aromatic heterocycles. The fraction of sp³-hybridized carbons (Fsp3) is 0.529. The molecular weight excluding hydrogens is 370 g/mol. The van der Waals surface area contributed by atoms with Crippen molar-refractivity contribution in [2.75, 3.05) is 11.5 Å². The van der Waals surface area contributed by atoms with E-state index in [2.05, 4.69) is 54.1 Å². The molecule has 1 aliphatic rings. The molecule has 2 aromatic rings. The molecule has 1 saturated heterocycles. The highest BCUT2D eigenvalue weighted by molar-refractivity contribution is 7.98. The van der Waals surface area contributed by atoms with E-state index < -0.39 is 17.9 Å². The van der Waals surface area contributed by atoms with Crippen LogP contribution in [0.2, 0.25) is 19.6 Å². The van der Waals surface area contributed by atoms with Crippen molar-refractivity contribution in [3.8, 4) is 0 Å². The summed E-state index contributed by atoms with van der Waals surface area (Å²) in [5, 5.41) is 10.8. The smallest absolute Gasteiger partial charge is 0.191 e. The molecule has 0 bridgehead atoms. The van der Waals surface area contributed by atoms with Gasteiger partial charge in [0.25, 0.3) is 0 Å². The second-order valence-electron chi connectivity index (χ2n) is 7.74. The Kier molecular flexibility index (Phi) is 5.14. The fourth-order valence-electron chi connectivity index (χ4n) is 3.05. The minimum atomic E-state index is -2.91. The highest BCUT2D eigenvalue weighted by Gasteiger charge is 2.32. The number of aromatic nitrogens is 3. The first-order valence-electron chi connectivity index (χ1n) is 8.48. The van der Waals surface area contributed by atoms with Crippen molar-refractivity contribution in [2.45, 2.75) is 42.9 Å².